The third-order valence-corrected chi connectivity index (χ3v) is 5.80. The summed E-state index contributed by atoms with van der Waals surface area (Å²) in [4.78, 5) is 21.3. The van der Waals surface area contributed by atoms with Crippen LogP contribution in [0.15, 0.2) is 29.3 Å². The zero-order valence-corrected chi connectivity index (χ0v) is 15.3. The summed E-state index contributed by atoms with van der Waals surface area (Å²) in [5, 5.41) is 9.79. The molecule has 1 aromatic carbocycles. The molecule has 0 saturated carbocycles. The van der Waals surface area contributed by atoms with Crippen LogP contribution in [0.25, 0.3) is 15.9 Å². The number of aromatic nitrogens is 7. The molecule has 4 aromatic rings. The van der Waals surface area contributed by atoms with Crippen LogP contribution in [-0.4, -0.2) is 34.1 Å². The van der Waals surface area contributed by atoms with Crippen molar-refractivity contribution in [2.75, 3.05) is 0 Å². The van der Waals surface area contributed by atoms with E-state index in [0.29, 0.717) is 6.54 Å². The molecule has 1 unspecified atom stereocenters. The summed E-state index contributed by atoms with van der Waals surface area (Å²) in [6.45, 7) is 2.60. The van der Waals surface area contributed by atoms with Crippen molar-refractivity contribution < 1.29 is 0 Å². The average Bonchev–Trinajstić information content (AvgIpc) is 3.32. The van der Waals surface area contributed by atoms with Gasteiger partial charge in [-0.15, -0.1) is 11.3 Å². The molecular weight excluding hydrogens is 350 g/mol. The van der Waals surface area contributed by atoms with Gasteiger partial charge in [-0.05, 0) is 31.5 Å². The molecule has 1 aliphatic heterocycles. The fourth-order valence-corrected chi connectivity index (χ4v) is 4.50. The largest absolute Gasteiger partial charge is 0.345 e. The Kier molecular flexibility index (Phi) is 3.33. The number of hydrogen-bond acceptors (Lipinski definition) is 6. The minimum absolute atomic E-state index is 0.0719. The van der Waals surface area contributed by atoms with Crippen LogP contribution >= 0.6 is 11.3 Å². The van der Waals surface area contributed by atoms with E-state index >= 15 is 0 Å². The van der Waals surface area contributed by atoms with E-state index in [1.54, 1.807) is 29.3 Å². The van der Waals surface area contributed by atoms with E-state index in [4.69, 9.17) is 0 Å². The fourth-order valence-electron chi connectivity index (χ4n) is 3.64. The van der Waals surface area contributed by atoms with Gasteiger partial charge in [-0.3, -0.25) is 4.57 Å². The molecule has 4 heterocycles. The minimum atomic E-state index is -0.0719. The Hall–Kier alpha value is -2.81. The third-order valence-electron chi connectivity index (χ3n) is 4.87. The summed E-state index contributed by atoms with van der Waals surface area (Å²) >= 11 is 1.67. The van der Waals surface area contributed by atoms with Gasteiger partial charge in [0.05, 0.1) is 20.9 Å². The highest BCUT2D eigenvalue weighted by Crippen LogP contribution is 2.29. The van der Waals surface area contributed by atoms with Gasteiger partial charge in [-0.2, -0.15) is 10.2 Å². The monoisotopic (exact) mass is 367 g/mol. The van der Waals surface area contributed by atoms with Crippen molar-refractivity contribution in [1.82, 2.24) is 34.1 Å². The third kappa shape index (κ3) is 2.31. The van der Waals surface area contributed by atoms with Crippen LogP contribution in [-0.2, 0) is 20.0 Å². The first-order valence-corrected chi connectivity index (χ1v) is 9.32. The van der Waals surface area contributed by atoms with Crippen LogP contribution in [0, 0.1) is 6.92 Å². The Labute approximate surface area is 152 Å². The van der Waals surface area contributed by atoms with Crippen LogP contribution in [0.2, 0.25) is 0 Å². The van der Waals surface area contributed by atoms with Crippen molar-refractivity contribution in [2.24, 2.45) is 7.05 Å². The zero-order valence-electron chi connectivity index (χ0n) is 14.5. The summed E-state index contributed by atoms with van der Waals surface area (Å²) < 4.78 is 6.17. The number of nitrogens with zero attached hydrogens (tertiary/aromatic N) is 7. The highest BCUT2D eigenvalue weighted by atomic mass is 32.1. The number of hydrogen-bond donors (Lipinski definition) is 0. The van der Waals surface area contributed by atoms with E-state index in [9.17, 15) is 4.79 Å². The molecule has 0 saturated heterocycles. The summed E-state index contributed by atoms with van der Waals surface area (Å²) in [5.41, 5.74) is 1.90. The lowest BCUT2D eigenvalue weighted by atomic mass is 9.98. The maximum atomic E-state index is 12.2. The van der Waals surface area contributed by atoms with E-state index in [1.165, 1.54) is 4.68 Å². The zero-order chi connectivity index (χ0) is 17.8. The predicted octanol–water partition coefficient (Wildman–Crippen LogP) is 1.81. The van der Waals surface area contributed by atoms with Crippen molar-refractivity contribution in [3.05, 3.63) is 51.7 Å². The van der Waals surface area contributed by atoms with Gasteiger partial charge in [0.15, 0.2) is 0 Å². The first-order valence-electron chi connectivity index (χ1n) is 8.50. The van der Waals surface area contributed by atoms with Crippen molar-refractivity contribution >= 4 is 21.6 Å². The molecule has 0 amide bonds. The van der Waals surface area contributed by atoms with Crippen LogP contribution in [0.1, 0.15) is 29.0 Å². The molecule has 8 nitrogen and oxygen atoms in total. The Morgan fingerprint density at radius 3 is 3.08 bits per heavy atom. The maximum absolute atomic E-state index is 12.2. The molecule has 0 radical (unpaired) electrons. The quantitative estimate of drug-likeness (QED) is 0.540. The van der Waals surface area contributed by atoms with Crippen molar-refractivity contribution in [2.45, 2.75) is 32.2 Å². The van der Waals surface area contributed by atoms with E-state index in [-0.39, 0.29) is 11.6 Å². The van der Waals surface area contributed by atoms with E-state index in [2.05, 4.69) is 26.2 Å². The molecule has 5 rings (SSSR count). The van der Waals surface area contributed by atoms with Gasteiger partial charge in [-0.25, -0.2) is 24.1 Å². The molecule has 1 aliphatic rings. The highest BCUT2D eigenvalue weighted by Gasteiger charge is 2.27. The van der Waals surface area contributed by atoms with Crippen molar-refractivity contribution in [3.63, 3.8) is 0 Å². The molecule has 3 aromatic heterocycles. The lowest BCUT2D eigenvalue weighted by Gasteiger charge is -2.22. The summed E-state index contributed by atoms with van der Waals surface area (Å²) in [6, 6.07) is 6.14. The molecule has 9 heteroatoms. The van der Waals surface area contributed by atoms with Crippen LogP contribution in [0.3, 0.4) is 0 Å². The maximum Gasteiger partial charge on any atom is 0.345 e. The molecule has 132 valence electrons. The van der Waals surface area contributed by atoms with Crippen LogP contribution < -0.4 is 5.69 Å². The lowest BCUT2D eigenvalue weighted by molar-refractivity contribution is 0.426. The SMILES string of the molecule is Cc1nc2ccc(-n3ncnc3C3CCc4nn(C)c(=O)n4C3)cc2s1. The molecular formula is C17H17N7OS. The number of aryl methyl sites for hydroxylation is 3. The lowest BCUT2D eigenvalue weighted by Crippen LogP contribution is -2.30. The first-order chi connectivity index (χ1) is 12.6. The molecule has 0 aliphatic carbocycles. The van der Waals surface area contributed by atoms with Crippen molar-refractivity contribution in [1.29, 1.82) is 0 Å². The normalized spacial score (nSPS) is 16.9. The molecule has 0 N–H and O–H groups in total. The summed E-state index contributed by atoms with van der Waals surface area (Å²) in [7, 11) is 1.69. The van der Waals surface area contributed by atoms with Gasteiger partial charge in [0, 0.05) is 25.9 Å². The second kappa shape index (κ2) is 5.60. The average molecular weight is 367 g/mol. The molecule has 26 heavy (non-hydrogen) atoms. The first kappa shape index (κ1) is 15.4. The smallest absolute Gasteiger partial charge is 0.278 e. The second-order valence-electron chi connectivity index (χ2n) is 6.58. The van der Waals surface area contributed by atoms with Crippen LogP contribution in [0.4, 0.5) is 0 Å². The molecule has 1 atom stereocenters. The predicted molar refractivity (Wildman–Crippen MR) is 97.8 cm³/mol. The Morgan fingerprint density at radius 2 is 2.19 bits per heavy atom. The van der Waals surface area contributed by atoms with E-state index in [1.807, 2.05) is 23.7 Å². The fraction of sp³-hybridized carbons (Fsp3) is 0.353. The van der Waals surface area contributed by atoms with E-state index in [0.717, 1.165) is 45.4 Å². The topological polar surface area (TPSA) is 83.4 Å². The van der Waals surface area contributed by atoms with Gasteiger partial charge in [-0.1, -0.05) is 0 Å². The Bertz CT molecular complexity index is 1180. The van der Waals surface area contributed by atoms with Gasteiger partial charge in [0.25, 0.3) is 0 Å². The number of thiazole rings is 1. The minimum Gasteiger partial charge on any atom is -0.278 e. The summed E-state index contributed by atoms with van der Waals surface area (Å²) in [6.07, 6.45) is 3.25. The number of fused-ring (bicyclic) bond motifs is 2. The highest BCUT2D eigenvalue weighted by molar-refractivity contribution is 7.18. The Morgan fingerprint density at radius 1 is 1.31 bits per heavy atom. The van der Waals surface area contributed by atoms with Crippen LogP contribution in [0.5, 0.6) is 0 Å². The van der Waals surface area contributed by atoms with Crippen molar-refractivity contribution in [3.8, 4) is 5.69 Å². The number of benzene rings is 1. The second-order valence-corrected chi connectivity index (χ2v) is 7.82. The van der Waals surface area contributed by atoms with Gasteiger partial charge in [0.1, 0.15) is 18.0 Å². The van der Waals surface area contributed by atoms with Gasteiger partial charge in [0.2, 0.25) is 0 Å². The summed E-state index contributed by atoms with van der Waals surface area (Å²) in [5.74, 6) is 1.86. The van der Waals surface area contributed by atoms with Gasteiger partial charge >= 0.3 is 5.69 Å². The standard InChI is InChI=1S/C17H17N7OS/c1-10-20-13-5-4-12(7-14(13)26-10)24-16(18-9-19-24)11-3-6-15-21-22(2)17(25)23(15)8-11/h4-5,7,9,11H,3,6,8H2,1-2H3. The van der Waals surface area contributed by atoms with Gasteiger partial charge < -0.3 is 0 Å². The number of rotatable bonds is 2. The Balaban J connectivity index is 1.54. The molecule has 0 fully saturated rings. The van der Waals surface area contributed by atoms with E-state index < -0.39 is 0 Å². The molecule has 0 spiro atoms. The molecule has 0 bridgehead atoms.